The molecule has 0 saturated heterocycles. The molecule has 0 bridgehead atoms. The Morgan fingerprint density at radius 3 is 1.10 bits per heavy atom. The lowest BCUT2D eigenvalue weighted by atomic mass is 9.97. The van der Waals surface area contributed by atoms with Gasteiger partial charge in [0.05, 0.1) is 22.1 Å². The number of hydrogen-bond acceptors (Lipinski definition) is 0. The van der Waals surface area contributed by atoms with E-state index in [0.29, 0.717) is 0 Å². The van der Waals surface area contributed by atoms with Gasteiger partial charge in [-0.1, -0.05) is 212 Å². The fraction of sp³-hybridized carbons (Fsp3) is 0. The van der Waals surface area contributed by atoms with Crippen molar-refractivity contribution in [2.45, 2.75) is 0 Å². The van der Waals surface area contributed by atoms with E-state index in [0.717, 1.165) is 5.69 Å². The first-order chi connectivity index (χ1) is 34.2. The summed E-state index contributed by atoms with van der Waals surface area (Å²) in [6, 6.07) is 103. The molecule has 0 atom stereocenters. The average Bonchev–Trinajstić information content (AvgIpc) is 3.94. The lowest BCUT2D eigenvalue weighted by Gasteiger charge is -2.34. The van der Waals surface area contributed by atoms with Gasteiger partial charge in [0.25, 0.3) is 0 Å². The van der Waals surface area contributed by atoms with Crippen LogP contribution >= 0.6 is 0 Å². The van der Waals surface area contributed by atoms with Gasteiger partial charge in [-0.3, -0.25) is 0 Å². The van der Waals surface area contributed by atoms with Crippen molar-refractivity contribution in [3.05, 3.63) is 279 Å². The summed E-state index contributed by atoms with van der Waals surface area (Å²) >= 11 is 0. The van der Waals surface area contributed by atoms with Gasteiger partial charge in [-0.15, -0.1) is 0 Å². The Labute approximate surface area is 403 Å². The highest BCUT2D eigenvalue weighted by Crippen LogP contribution is 2.40. The van der Waals surface area contributed by atoms with Gasteiger partial charge >= 0.3 is 0 Å². The van der Waals surface area contributed by atoms with Crippen molar-refractivity contribution >= 4 is 72.4 Å². The Morgan fingerprint density at radius 2 is 0.565 bits per heavy atom. The fourth-order valence-electron chi connectivity index (χ4n) is 11.1. The Bertz CT molecular complexity index is 3890. The van der Waals surface area contributed by atoms with Gasteiger partial charge in [-0.25, -0.2) is 0 Å². The maximum absolute atomic E-state index is 2.69. The van der Waals surface area contributed by atoms with Gasteiger partial charge in [-0.05, 0) is 121 Å². The van der Waals surface area contributed by atoms with Crippen LogP contribution in [0.1, 0.15) is 0 Å². The molecule has 0 radical (unpaired) electrons. The Balaban J connectivity index is 0.930. The molecule has 2 heterocycles. The van der Waals surface area contributed by atoms with Crippen molar-refractivity contribution in [2.24, 2.45) is 0 Å². The molecule has 0 amide bonds. The molecule has 2 aromatic heterocycles. The first-order valence-corrected chi connectivity index (χ1v) is 25.8. The van der Waals surface area contributed by atoms with Gasteiger partial charge in [0.15, 0.2) is 8.07 Å². The summed E-state index contributed by atoms with van der Waals surface area (Å²) in [5, 5.41) is 10.4. The minimum Gasteiger partial charge on any atom is -0.309 e. The summed E-state index contributed by atoms with van der Waals surface area (Å²) in [7, 11) is -2.69. The first kappa shape index (κ1) is 40.5. The number of fused-ring (bicyclic) bond motifs is 6. The van der Waals surface area contributed by atoms with Gasteiger partial charge in [-0.2, -0.15) is 0 Å². The highest BCUT2D eigenvalue weighted by molar-refractivity contribution is 7.19. The number of aromatic nitrogens is 2. The van der Waals surface area contributed by atoms with Crippen molar-refractivity contribution < 1.29 is 0 Å². The standard InChI is InChI=1S/C66H46N2Si/c1-6-23-53(24-7-1)67-63-35-17-16-34-59(63)61-44-50(37-40-64(61)67)51-38-41-65-62(45-51)60-39-36-52(46-66(60)68(65)54-25-8-2-9-26-54)48-21-18-20-47(42-48)49-22-19-33-58(43-49)69(55-27-10-3-11-28-55,56-29-12-4-13-30-56)57-31-14-5-15-32-57/h1-46H. The number of hydrogen-bond donors (Lipinski definition) is 0. The molecule has 0 spiro atoms. The molecule has 2 nitrogen and oxygen atoms in total. The molecule has 0 aliphatic rings. The van der Waals surface area contributed by atoms with E-state index in [2.05, 4.69) is 288 Å². The van der Waals surface area contributed by atoms with Gasteiger partial charge in [0, 0.05) is 32.9 Å². The predicted molar refractivity (Wildman–Crippen MR) is 295 cm³/mol. The molecular weight excluding hydrogens is 849 g/mol. The molecule has 11 aromatic carbocycles. The van der Waals surface area contributed by atoms with Crippen LogP contribution in [0.5, 0.6) is 0 Å². The monoisotopic (exact) mass is 894 g/mol. The van der Waals surface area contributed by atoms with Crippen LogP contribution in [0.2, 0.25) is 0 Å². The molecule has 0 N–H and O–H groups in total. The van der Waals surface area contributed by atoms with Crippen molar-refractivity contribution in [3.8, 4) is 44.8 Å². The van der Waals surface area contributed by atoms with E-state index in [1.54, 1.807) is 0 Å². The molecule has 13 aromatic rings. The Hall–Kier alpha value is -8.76. The molecule has 13 rings (SSSR count). The summed E-state index contributed by atoms with van der Waals surface area (Å²) in [5.41, 5.74) is 14.3. The van der Waals surface area contributed by atoms with Crippen molar-refractivity contribution in [2.75, 3.05) is 0 Å². The third kappa shape index (κ3) is 6.78. The quantitative estimate of drug-likeness (QED) is 0.101. The maximum atomic E-state index is 2.46. The number of rotatable bonds is 9. The van der Waals surface area contributed by atoms with Gasteiger partial charge in [0.1, 0.15) is 0 Å². The SMILES string of the molecule is c1ccc(-n2c3ccccc3c3cc(-c4ccc5c(c4)c4ccc(-c6cccc(-c7cccc([Si](c8ccccc8)(c8ccccc8)c8ccccc8)c7)c6)cc4n5-c4ccccc4)ccc32)cc1. The van der Waals surface area contributed by atoms with E-state index in [1.807, 2.05) is 0 Å². The molecule has 69 heavy (non-hydrogen) atoms. The summed E-state index contributed by atoms with van der Waals surface area (Å²) < 4.78 is 4.81. The lowest BCUT2D eigenvalue weighted by Crippen LogP contribution is -2.74. The van der Waals surface area contributed by atoms with Crippen LogP contribution in [-0.2, 0) is 0 Å². The van der Waals surface area contributed by atoms with Crippen LogP contribution in [0.15, 0.2) is 279 Å². The fourth-order valence-corrected chi connectivity index (χ4v) is 15.9. The summed E-state index contributed by atoms with van der Waals surface area (Å²) in [6.45, 7) is 0. The van der Waals surface area contributed by atoms with E-state index in [1.165, 1.54) is 103 Å². The zero-order valence-corrected chi connectivity index (χ0v) is 39.0. The van der Waals surface area contributed by atoms with Crippen molar-refractivity contribution in [1.29, 1.82) is 0 Å². The zero-order valence-electron chi connectivity index (χ0n) is 38.0. The van der Waals surface area contributed by atoms with Crippen LogP contribution in [0, 0.1) is 0 Å². The van der Waals surface area contributed by atoms with Crippen molar-refractivity contribution in [3.63, 3.8) is 0 Å². The second kappa shape index (κ2) is 16.8. The van der Waals surface area contributed by atoms with E-state index < -0.39 is 8.07 Å². The molecule has 0 aliphatic carbocycles. The molecule has 0 saturated carbocycles. The molecule has 324 valence electrons. The maximum Gasteiger partial charge on any atom is 0.179 e. The second-order valence-corrected chi connectivity index (χ2v) is 21.9. The van der Waals surface area contributed by atoms with Crippen LogP contribution in [-0.4, -0.2) is 17.2 Å². The van der Waals surface area contributed by atoms with Crippen LogP contribution < -0.4 is 20.7 Å². The topological polar surface area (TPSA) is 9.86 Å². The van der Waals surface area contributed by atoms with Crippen LogP contribution in [0.3, 0.4) is 0 Å². The normalized spacial score (nSPS) is 11.8. The van der Waals surface area contributed by atoms with Gasteiger partial charge in [0.2, 0.25) is 0 Å². The Morgan fingerprint density at radius 1 is 0.203 bits per heavy atom. The number of nitrogens with zero attached hydrogens (tertiary/aromatic N) is 2. The first-order valence-electron chi connectivity index (χ1n) is 23.8. The predicted octanol–water partition coefficient (Wildman–Crippen LogP) is 14.3. The lowest BCUT2D eigenvalue weighted by molar-refractivity contribution is 1.18. The number of benzene rings is 11. The summed E-state index contributed by atoms with van der Waals surface area (Å²) in [5.74, 6) is 0. The van der Waals surface area contributed by atoms with E-state index in [9.17, 15) is 0 Å². The van der Waals surface area contributed by atoms with E-state index in [4.69, 9.17) is 0 Å². The molecular formula is C66H46N2Si. The molecule has 0 unspecified atom stereocenters. The van der Waals surface area contributed by atoms with Gasteiger partial charge < -0.3 is 9.13 Å². The molecule has 0 aliphatic heterocycles. The molecule has 3 heteroatoms. The van der Waals surface area contributed by atoms with Crippen molar-refractivity contribution in [1.82, 2.24) is 9.13 Å². The summed E-state index contributed by atoms with van der Waals surface area (Å²) in [4.78, 5) is 0. The van der Waals surface area contributed by atoms with Crippen LogP contribution in [0.25, 0.3) is 88.4 Å². The number of para-hydroxylation sites is 3. The average molecular weight is 895 g/mol. The summed E-state index contributed by atoms with van der Waals surface area (Å²) in [6.07, 6.45) is 0. The molecule has 0 fully saturated rings. The highest BCUT2D eigenvalue weighted by atomic mass is 28.3. The second-order valence-electron chi connectivity index (χ2n) is 18.1. The smallest absolute Gasteiger partial charge is 0.179 e. The zero-order chi connectivity index (χ0) is 45.7. The van der Waals surface area contributed by atoms with Crippen LogP contribution in [0.4, 0.5) is 0 Å². The third-order valence-electron chi connectivity index (χ3n) is 14.2. The van der Waals surface area contributed by atoms with E-state index in [-0.39, 0.29) is 0 Å². The minimum atomic E-state index is -2.69. The third-order valence-corrected chi connectivity index (χ3v) is 19.0. The largest absolute Gasteiger partial charge is 0.309 e. The van der Waals surface area contributed by atoms with E-state index >= 15 is 0 Å². The highest BCUT2D eigenvalue weighted by Gasteiger charge is 2.41. The minimum absolute atomic E-state index is 1.14. The Kier molecular flexibility index (Phi) is 9.88.